The first kappa shape index (κ1) is 15.4. The van der Waals surface area contributed by atoms with Crippen molar-refractivity contribution in [2.45, 2.75) is 13.3 Å². The molecule has 0 saturated carbocycles. The largest absolute Gasteiger partial charge is 0.478 e. The number of aryl methyl sites for hydroxylation is 1. The Morgan fingerprint density at radius 3 is 2.79 bits per heavy atom. The monoisotopic (exact) mass is 268 g/mol. The van der Waals surface area contributed by atoms with Gasteiger partial charge in [0.2, 0.25) is 0 Å². The number of carboxylic acids is 1. The van der Waals surface area contributed by atoms with Crippen LogP contribution in [0.4, 0.5) is 5.82 Å². The van der Waals surface area contributed by atoms with Gasteiger partial charge in [-0.05, 0) is 25.5 Å². The number of hydrogen-bond acceptors (Lipinski definition) is 5. The van der Waals surface area contributed by atoms with E-state index in [1.165, 1.54) is 0 Å². The summed E-state index contributed by atoms with van der Waals surface area (Å²) < 4.78 is 10.2. The van der Waals surface area contributed by atoms with Gasteiger partial charge in [-0.15, -0.1) is 0 Å². The standard InChI is InChI=1S/C13H20N2O4/c1-10-11(13(16)17)4-5-12(15-10)14-6-3-7-19-9-8-18-2/h4-5H,3,6-9H2,1-2H3,(H,14,15)(H,16,17). The number of pyridine rings is 1. The van der Waals surface area contributed by atoms with Gasteiger partial charge in [-0.2, -0.15) is 0 Å². The molecular formula is C13H20N2O4. The maximum atomic E-state index is 10.8. The number of nitrogens with one attached hydrogen (secondary N) is 1. The number of aromatic carboxylic acids is 1. The van der Waals surface area contributed by atoms with E-state index in [1.54, 1.807) is 26.2 Å². The molecule has 1 aromatic heterocycles. The number of ether oxygens (including phenoxy) is 2. The molecule has 0 fully saturated rings. The maximum Gasteiger partial charge on any atom is 0.337 e. The van der Waals surface area contributed by atoms with Gasteiger partial charge in [0.1, 0.15) is 5.82 Å². The summed E-state index contributed by atoms with van der Waals surface area (Å²) in [5.41, 5.74) is 0.738. The summed E-state index contributed by atoms with van der Waals surface area (Å²) >= 11 is 0. The molecule has 0 spiro atoms. The number of hydrogen-bond donors (Lipinski definition) is 2. The molecule has 0 unspecified atom stereocenters. The molecule has 0 aliphatic heterocycles. The molecule has 0 aliphatic rings. The molecule has 0 aromatic carbocycles. The van der Waals surface area contributed by atoms with Crippen molar-refractivity contribution < 1.29 is 19.4 Å². The molecule has 0 saturated heterocycles. The van der Waals surface area contributed by atoms with E-state index in [9.17, 15) is 4.79 Å². The van der Waals surface area contributed by atoms with Crippen LogP contribution in [0.25, 0.3) is 0 Å². The van der Waals surface area contributed by atoms with Crippen molar-refractivity contribution in [3.63, 3.8) is 0 Å². The quantitative estimate of drug-likeness (QED) is 0.661. The highest BCUT2D eigenvalue weighted by atomic mass is 16.5. The van der Waals surface area contributed by atoms with Crippen LogP contribution < -0.4 is 5.32 Å². The van der Waals surface area contributed by atoms with Gasteiger partial charge >= 0.3 is 5.97 Å². The number of methoxy groups -OCH3 is 1. The van der Waals surface area contributed by atoms with Gasteiger partial charge in [0, 0.05) is 20.3 Å². The molecule has 1 aromatic rings. The predicted molar refractivity (Wildman–Crippen MR) is 71.7 cm³/mol. The van der Waals surface area contributed by atoms with E-state index in [-0.39, 0.29) is 5.56 Å². The van der Waals surface area contributed by atoms with Gasteiger partial charge in [0.15, 0.2) is 0 Å². The molecule has 1 rings (SSSR count). The molecule has 6 nitrogen and oxygen atoms in total. The molecule has 19 heavy (non-hydrogen) atoms. The van der Waals surface area contributed by atoms with Crippen molar-refractivity contribution >= 4 is 11.8 Å². The summed E-state index contributed by atoms with van der Waals surface area (Å²) in [6, 6.07) is 3.23. The smallest absolute Gasteiger partial charge is 0.337 e. The Balaban J connectivity index is 2.26. The van der Waals surface area contributed by atoms with Crippen molar-refractivity contribution in [2.75, 3.05) is 38.8 Å². The van der Waals surface area contributed by atoms with Crippen molar-refractivity contribution in [3.05, 3.63) is 23.4 Å². The third-order valence-corrected chi connectivity index (χ3v) is 2.52. The van der Waals surface area contributed by atoms with Gasteiger partial charge in [-0.25, -0.2) is 9.78 Å². The molecule has 0 amide bonds. The van der Waals surface area contributed by atoms with Crippen LogP contribution in [0.1, 0.15) is 22.5 Å². The molecule has 0 aliphatic carbocycles. The van der Waals surface area contributed by atoms with Crippen molar-refractivity contribution in [1.82, 2.24) is 4.98 Å². The van der Waals surface area contributed by atoms with Gasteiger partial charge in [0.25, 0.3) is 0 Å². The second-order valence-corrected chi connectivity index (χ2v) is 4.02. The second kappa shape index (κ2) is 8.44. The van der Waals surface area contributed by atoms with Gasteiger partial charge in [0.05, 0.1) is 24.5 Å². The number of aromatic nitrogens is 1. The van der Waals surface area contributed by atoms with Crippen LogP contribution in [0.3, 0.4) is 0 Å². The third-order valence-electron chi connectivity index (χ3n) is 2.52. The normalized spacial score (nSPS) is 10.4. The number of carbonyl (C=O) groups is 1. The van der Waals surface area contributed by atoms with E-state index in [2.05, 4.69) is 10.3 Å². The highest BCUT2D eigenvalue weighted by Gasteiger charge is 2.08. The zero-order valence-corrected chi connectivity index (χ0v) is 11.3. The first-order valence-corrected chi connectivity index (χ1v) is 6.16. The van der Waals surface area contributed by atoms with Crippen LogP contribution in [0.5, 0.6) is 0 Å². The number of anilines is 1. The predicted octanol–water partition coefficient (Wildman–Crippen LogP) is 1.55. The third kappa shape index (κ3) is 5.67. The Labute approximate surface area is 112 Å². The summed E-state index contributed by atoms with van der Waals surface area (Å²) in [6.45, 7) is 4.27. The fraction of sp³-hybridized carbons (Fsp3) is 0.538. The average molecular weight is 268 g/mol. The van der Waals surface area contributed by atoms with Crippen LogP contribution in [0.15, 0.2) is 12.1 Å². The van der Waals surface area contributed by atoms with E-state index in [0.717, 1.165) is 13.0 Å². The fourth-order valence-corrected chi connectivity index (χ4v) is 1.52. The summed E-state index contributed by atoms with van der Waals surface area (Å²) in [5, 5.41) is 12.0. The van der Waals surface area contributed by atoms with Crippen molar-refractivity contribution in [3.8, 4) is 0 Å². The lowest BCUT2D eigenvalue weighted by Crippen LogP contribution is -2.10. The SMILES string of the molecule is COCCOCCCNc1ccc(C(=O)O)c(C)n1. The van der Waals surface area contributed by atoms with Crippen molar-refractivity contribution in [1.29, 1.82) is 0 Å². The average Bonchev–Trinajstić information content (AvgIpc) is 2.37. The maximum absolute atomic E-state index is 10.8. The number of rotatable bonds is 9. The van der Waals surface area contributed by atoms with Gasteiger partial charge in [-0.1, -0.05) is 0 Å². The highest BCUT2D eigenvalue weighted by molar-refractivity contribution is 5.89. The van der Waals surface area contributed by atoms with E-state index in [1.807, 2.05) is 0 Å². The Morgan fingerprint density at radius 2 is 2.16 bits per heavy atom. The van der Waals surface area contributed by atoms with Crippen LogP contribution in [0.2, 0.25) is 0 Å². The lowest BCUT2D eigenvalue weighted by atomic mass is 10.2. The zero-order chi connectivity index (χ0) is 14.1. The fourth-order valence-electron chi connectivity index (χ4n) is 1.52. The molecule has 0 radical (unpaired) electrons. The first-order valence-electron chi connectivity index (χ1n) is 6.16. The van der Waals surface area contributed by atoms with E-state index >= 15 is 0 Å². The molecule has 0 atom stereocenters. The molecule has 106 valence electrons. The van der Waals surface area contributed by atoms with E-state index in [0.29, 0.717) is 31.3 Å². The molecule has 6 heteroatoms. The summed E-state index contributed by atoms with van der Waals surface area (Å²) in [5.74, 6) is -0.275. The first-order chi connectivity index (χ1) is 9.15. The lowest BCUT2D eigenvalue weighted by molar-refractivity contribution is 0.0695. The van der Waals surface area contributed by atoms with E-state index in [4.69, 9.17) is 14.6 Å². The number of carboxylic acid groups (broad SMARTS) is 1. The minimum Gasteiger partial charge on any atom is -0.478 e. The lowest BCUT2D eigenvalue weighted by Gasteiger charge is -2.08. The van der Waals surface area contributed by atoms with Gasteiger partial charge in [-0.3, -0.25) is 0 Å². The Bertz CT molecular complexity index is 410. The van der Waals surface area contributed by atoms with Crippen LogP contribution in [-0.2, 0) is 9.47 Å². The summed E-state index contributed by atoms with van der Waals surface area (Å²) in [6.07, 6.45) is 0.852. The second-order valence-electron chi connectivity index (χ2n) is 4.02. The molecule has 0 bridgehead atoms. The minimum absolute atomic E-state index is 0.230. The van der Waals surface area contributed by atoms with Crippen LogP contribution >= 0.6 is 0 Å². The summed E-state index contributed by atoms with van der Waals surface area (Å²) in [7, 11) is 1.64. The molecule has 1 heterocycles. The Kier molecular flexibility index (Phi) is 6.84. The van der Waals surface area contributed by atoms with E-state index < -0.39 is 5.97 Å². The van der Waals surface area contributed by atoms with Crippen LogP contribution in [-0.4, -0.2) is 49.5 Å². The molecular weight excluding hydrogens is 248 g/mol. The Hall–Kier alpha value is -1.66. The Morgan fingerprint density at radius 1 is 1.37 bits per heavy atom. The topological polar surface area (TPSA) is 80.7 Å². The number of nitrogens with zero attached hydrogens (tertiary/aromatic N) is 1. The summed E-state index contributed by atoms with van der Waals surface area (Å²) in [4.78, 5) is 15.0. The van der Waals surface area contributed by atoms with Crippen molar-refractivity contribution in [2.24, 2.45) is 0 Å². The van der Waals surface area contributed by atoms with Gasteiger partial charge < -0.3 is 19.9 Å². The zero-order valence-electron chi connectivity index (χ0n) is 11.3. The minimum atomic E-state index is -0.955. The molecule has 2 N–H and O–H groups in total. The van der Waals surface area contributed by atoms with Crippen LogP contribution in [0, 0.1) is 6.92 Å². The highest BCUT2D eigenvalue weighted by Crippen LogP contribution is 2.10.